The van der Waals surface area contributed by atoms with Gasteiger partial charge in [0, 0.05) is 68.9 Å². The number of hydrogen-bond donors (Lipinski definition) is 4. The second-order valence-electron chi connectivity index (χ2n) is 24.8. The van der Waals surface area contributed by atoms with Crippen molar-refractivity contribution < 1.29 is 85.0 Å². The van der Waals surface area contributed by atoms with Crippen LogP contribution in [0.1, 0.15) is 131 Å². The molecule has 5 amide bonds. The van der Waals surface area contributed by atoms with Crippen molar-refractivity contribution in [2.75, 3.05) is 71.9 Å². The molecule has 8 atom stereocenters. The molecule has 0 aromatic heterocycles. The minimum atomic E-state index is -4.18. The Morgan fingerprint density at radius 3 is 2.05 bits per heavy atom. The number of anilines is 1. The molecule has 0 radical (unpaired) electrons. The number of carbonyl (C=O) groups is 7. The number of ether oxygens (including phenoxy) is 8. The van der Waals surface area contributed by atoms with Crippen LogP contribution in [0.2, 0.25) is 0 Å². The van der Waals surface area contributed by atoms with Gasteiger partial charge in [0.2, 0.25) is 5.91 Å². The first-order chi connectivity index (χ1) is 45.1. The van der Waals surface area contributed by atoms with Crippen LogP contribution < -0.4 is 38.6 Å². The minimum absolute atomic E-state index is 0.0136. The van der Waals surface area contributed by atoms with Gasteiger partial charge in [-0.15, -0.1) is 11.8 Å². The van der Waals surface area contributed by atoms with Crippen molar-refractivity contribution in [2.24, 2.45) is 34.6 Å². The van der Waals surface area contributed by atoms with Gasteiger partial charge in [0.1, 0.15) is 13.2 Å². The summed E-state index contributed by atoms with van der Waals surface area (Å²) in [7, 11) is -1.22. The van der Waals surface area contributed by atoms with E-state index in [0.717, 1.165) is 48.2 Å². The van der Waals surface area contributed by atoms with Gasteiger partial charge in [-0.25, -0.2) is 19.2 Å². The Kier molecular flexibility index (Phi) is 24.0. The van der Waals surface area contributed by atoms with Crippen LogP contribution >= 0.6 is 0 Å². The van der Waals surface area contributed by atoms with Crippen molar-refractivity contribution in [3.8, 4) is 34.8 Å². The smallest absolute Gasteiger partial charge is 0.421 e. The third-order valence-electron chi connectivity index (χ3n) is 17.6. The van der Waals surface area contributed by atoms with E-state index in [1.807, 2.05) is 24.8 Å². The second kappa shape index (κ2) is 32.2. The number of nitrogens with zero attached hydrogens (tertiary/aromatic N) is 4. The van der Waals surface area contributed by atoms with Crippen molar-refractivity contribution in [1.82, 2.24) is 24.6 Å². The molecule has 94 heavy (non-hydrogen) atoms. The van der Waals surface area contributed by atoms with E-state index in [0.29, 0.717) is 78.0 Å². The standard InChI is InChI=1S/C68H85N7O18S/c1-41(2)51(30-48(76)39-89-26-25-88-24-21-70-94(84,85)72-67(82)92-40-54-49-15-11-8-9-12-16-50(49)54)63(78)71-44(5)58(77)29-45-17-19-46(20-18-45)38-93-68(83)75-56-34-62(60(87-7)32-53(56)65(80)74-37-43(4)28-57(74)66(75)81)91-23-14-10-13-22-90-61-33-55-52(31-59(61)86-6)64(79)73-36-42(3)27-47(73)35-69-55/h17-20,31-37,41,44,47,49-51,54,57,66,70,81H,10-16,21-30,38-40H2,1-7H3,(H,71,78)(H,72,82)/t44-,47-,49-,50+,51-,54?,57-,66-/m0/s1. The van der Waals surface area contributed by atoms with Gasteiger partial charge >= 0.3 is 22.4 Å². The highest BCUT2D eigenvalue weighted by atomic mass is 32.2. The van der Waals surface area contributed by atoms with Gasteiger partial charge in [-0.1, -0.05) is 49.3 Å². The molecular weight excluding hydrogens is 1230 g/mol. The van der Waals surface area contributed by atoms with Crippen molar-refractivity contribution in [3.05, 3.63) is 94.3 Å². The zero-order valence-corrected chi connectivity index (χ0v) is 55.1. The predicted octanol–water partition coefficient (Wildman–Crippen LogP) is 7.64. The average molecular weight is 1320 g/mol. The Hall–Kier alpha value is -8.35. The van der Waals surface area contributed by atoms with E-state index in [1.54, 1.807) is 74.5 Å². The number of benzene rings is 3. The number of ketones is 2. The highest BCUT2D eigenvalue weighted by Gasteiger charge is 2.50. The topological polar surface area (TPSA) is 306 Å². The van der Waals surface area contributed by atoms with Crippen LogP contribution in [0.5, 0.6) is 23.0 Å². The van der Waals surface area contributed by atoms with E-state index < -0.39 is 58.4 Å². The number of amides is 5. The first-order valence-electron chi connectivity index (χ1n) is 32.0. The Morgan fingerprint density at radius 1 is 0.745 bits per heavy atom. The second-order valence-corrected chi connectivity index (χ2v) is 26.3. The van der Waals surface area contributed by atoms with Crippen molar-refractivity contribution in [3.63, 3.8) is 0 Å². The van der Waals surface area contributed by atoms with Crippen molar-refractivity contribution in [2.45, 2.75) is 136 Å². The maximum absolute atomic E-state index is 14.3. The molecule has 0 spiro atoms. The number of carbonyl (C=O) groups excluding carboxylic acids is 7. The number of aliphatic imine (C=N–C) groups is 1. The molecule has 1 saturated carbocycles. The molecule has 4 aliphatic heterocycles. The summed E-state index contributed by atoms with van der Waals surface area (Å²) in [6, 6.07) is 11.3. The number of methoxy groups -OCH3 is 2. The van der Waals surface area contributed by atoms with Gasteiger partial charge in [0.05, 0.1) is 94.5 Å². The SMILES string of the molecule is COc1cc2c(cc1OCCCCCOc1cc3c(cc1OC)C(=O)N1C=C(C)C[C@H]1[C@H](O)N3C(=O)OCc1ccc(CC(=O)[C@H](C)NC(=O)[C@@H](CC(=O)COCCOCCNS(=O)(=O)NC(=O)OCC3[C@H]4CCC#CCC[C@@H]34)C(C)C)cc1)N=C[C@@H]1CC(C)=CN1C2=O. The van der Waals surface area contributed by atoms with Gasteiger partial charge in [-0.05, 0) is 113 Å². The Labute approximate surface area is 548 Å². The quantitative estimate of drug-likeness (QED) is 0.0345. The van der Waals surface area contributed by atoms with Gasteiger partial charge in [-0.3, -0.25) is 29.0 Å². The Bertz CT molecular complexity index is 3560. The van der Waals surface area contributed by atoms with E-state index in [1.165, 1.54) is 31.3 Å². The third kappa shape index (κ3) is 17.9. The van der Waals surface area contributed by atoms with Gasteiger partial charge in [-0.2, -0.15) is 13.1 Å². The zero-order valence-electron chi connectivity index (χ0n) is 54.3. The highest BCUT2D eigenvalue weighted by molar-refractivity contribution is 7.88. The van der Waals surface area contributed by atoms with E-state index >= 15 is 0 Å². The van der Waals surface area contributed by atoms with Gasteiger partial charge in [0.15, 0.2) is 40.8 Å². The number of aliphatic hydroxyl groups is 1. The first-order valence-corrected chi connectivity index (χ1v) is 33.5. The predicted molar refractivity (Wildman–Crippen MR) is 345 cm³/mol. The van der Waals surface area contributed by atoms with Crippen LogP contribution in [0.4, 0.5) is 21.0 Å². The molecular formula is C68H85N7O18S. The zero-order chi connectivity index (χ0) is 67.2. The van der Waals surface area contributed by atoms with Crippen LogP contribution in [0.25, 0.3) is 0 Å². The number of hydrogen-bond acceptors (Lipinski definition) is 19. The fourth-order valence-corrected chi connectivity index (χ4v) is 13.1. The molecule has 4 heterocycles. The molecule has 1 unspecified atom stereocenters. The monoisotopic (exact) mass is 1320 g/mol. The van der Waals surface area contributed by atoms with Crippen molar-refractivity contribution in [1.29, 1.82) is 0 Å². The lowest BCUT2D eigenvalue weighted by atomic mass is 9.89. The number of rotatable bonds is 32. The van der Waals surface area contributed by atoms with E-state index in [-0.39, 0.29) is 124 Å². The molecule has 1 fully saturated rings. The molecule has 506 valence electrons. The Morgan fingerprint density at radius 2 is 1.37 bits per heavy atom. The molecule has 3 aromatic rings. The summed E-state index contributed by atoms with van der Waals surface area (Å²) in [4.78, 5) is 103. The number of nitrogens with one attached hydrogen (secondary N) is 3. The maximum Gasteiger partial charge on any atom is 0.421 e. The van der Waals surface area contributed by atoms with Crippen molar-refractivity contribution >= 4 is 69.3 Å². The number of Topliss-reactive ketones (excluding diaryl/α,β-unsaturated/α-hetero) is 2. The third-order valence-corrected chi connectivity index (χ3v) is 18.6. The molecule has 26 heteroatoms. The van der Waals surface area contributed by atoms with Gasteiger partial charge < -0.3 is 58.1 Å². The molecule has 0 bridgehead atoms. The molecule has 0 saturated heterocycles. The van der Waals surface area contributed by atoms with Crippen LogP contribution in [-0.4, -0.2) is 162 Å². The summed E-state index contributed by atoms with van der Waals surface area (Å²) in [6.07, 6.45) is 8.10. The molecule has 9 rings (SSSR count). The number of fused-ring (bicyclic) bond motifs is 5. The normalized spacial score (nSPS) is 20.8. The fraction of sp³-hybridized carbons (Fsp3) is 0.529. The van der Waals surface area contributed by atoms with Gasteiger partial charge in [0.25, 0.3) is 11.8 Å². The summed E-state index contributed by atoms with van der Waals surface area (Å²) in [5, 5.41) is 14.7. The summed E-state index contributed by atoms with van der Waals surface area (Å²) in [6.45, 7) is 9.04. The molecule has 3 aromatic carbocycles. The lowest BCUT2D eigenvalue weighted by Crippen LogP contribution is -2.50. The Balaban J connectivity index is 0.693. The largest absolute Gasteiger partial charge is 0.493 e. The summed E-state index contributed by atoms with van der Waals surface area (Å²) >= 11 is 0. The van der Waals surface area contributed by atoms with E-state index in [9.17, 15) is 47.1 Å². The van der Waals surface area contributed by atoms with Crippen LogP contribution in [-0.2, 0) is 56.6 Å². The molecule has 25 nitrogen and oxygen atoms in total. The van der Waals surface area contributed by atoms with E-state index in [4.69, 9.17) is 37.9 Å². The summed E-state index contributed by atoms with van der Waals surface area (Å²) in [5.74, 6) is 6.01. The molecule has 6 aliphatic rings. The summed E-state index contributed by atoms with van der Waals surface area (Å²) < 4.78 is 74.2. The molecule has 2 aliphatic carbocycles. The maximum atomic E-state index is 14.3. The lowest BCUT2D eigenvalue weighted by molar-refractivity contribution is -0.134. The fourth-order valence-electron chi connectivity index (χ4n) is 12.4. The summed E-state index contributed by atoms with van der Waals surface area (Å²) in [5.41, 5.74) is 4.20. The van der Waals surface area contributed by atoms with Crippen LogP contribution in [0.3, 0.4) is 0 Å². The number of aliphatic hydroxyl groups excluding tert-OH is 1. The van der Waals surface area contributed by atoms with Crippen LogP contribution in [0, 0.1) is 41.4 Å². The van der Waals surface area contributed by atoms with E-state index in [2.05, 4.69) is 26.9 Å². The first kappa shape index (κ1) is 70.0. The highest BCUT2D eigenvalue weighted by Crippen LogP contribution is 2.52. The number of unbranched alkanes of at least 4 members (excludes halogenated alkanes) is 2. The molecule has 4 N–H and O–H groups in total. The average Bonchev–Trinajstić information content (AvgIpc) is 1.57. The van der Waals surface area contributed by atoms with Crippen LogP contribution in [0.15, 0.2) is 77.1 Å². The minimum Gasteiger partial charge on any atom is -0.493 e. The lowest BCUT2D eigenvalue weighted by Gasteiger charge is -2.31.